The molecule has 0 aliphatic rings. The van der Waals surface area contributed by atoms with E-state index < -0.39 is 0 Å². The van der Waals surface area contributed by atoms with Crippen LogP contribution >= 0.6 is 12.2 Å². The predicted octanol–water partition coefficient (Wildman–Crippen LogP) is 4.31. The topological polar surface area (TPSA) is 61.0 Å². The van der Waals surface area contributed by atoms with Crippen LogP contribution in [0.4, 0.5) is 0 Å². The lowest BCUT2D eigenvalue weighted by molar-refractivity contribution is 0.396. The van der Waals surface area contributed by atoms with Gasteiger partial charge < -0.3 is 15.2 Å². The molecule has 0 aliphatic carbocycles. The third kappa shape index (κ3) is 5.35. The summed E-state index contributed by atoms with van der Waals surface area (Å²) in [5, 5.41) is 4.94. The summed E-state index contributed by atoms with van der Waals surface area (Å²) < 4.78 is 0. The number of nitrogens with zero attached hydrogens (tertiary/aromatic N) is 2. The minimum Gasteiger partial charge on any atom is -0.358 e. The highest BCUT2D eigenvalue weighted by atomic mass is 32.1. The molecule has 0 bridgehead atoms. The Balaban J connectivity index is 1.59. The number of benzene rings is 2. The van der Waals surface area contributed by atoms with Gasteiger partial charge in [-0.15, -0.1) is 0 Å². The molecule has 4 aromatic rings. The first-order chi connectivity index (χ1) is 15.1. The van der Waals surface area contributed by atoms with Gasteiger partial charge in [0.15, 0.2) is 5.11 Å². The maximum Gasteiger partial charge on any atom is 0.253 e. The first-order valence-electron chi connectivity index (χ1n) is 10.2. The summed E-state index contributed by atoms with van der Waals surface area (Å²) in [7, 11) is 0. The molecule has 4 rings (SSSR count). The zero-order chi connectivity index (χ0) is 21.6. The van der Waals surface area contributed by atoms with E-state index in [0.29, 0.717) is 30.3 Å². The summed E-state index contributed by atoms with van der Waals surface area (Å²) >= 11 is 5.71. The van der Waals surface area contributed by atoms with E-state index in [1.54, 1.807) is 6.20 Å². The van der Waals surface area contributed by atoms with Crippen molar-refractivity contribution in [3.63, 3.8) is 0 Å². The van der Waals surface area contributed by atoms with E-state index in [1.807, 2.05) is 66.6 Å². The maximum absolute atomic E-state index is 12.7. The number of aryl methyl sites for hydroxylation is 1. The van der Waals surface area contributed by atoms with Gasteiger partial charge in [-0.1, -0.05) is 48.0 Å². The number of H-pyrrole nitrogens is 1. The van der Waals surface area contributed by atoms with Crippen molar-refractivity contribution >= 4 is 28.2 Å². The Kier molecular flexibility index (Phi) is 6.38. The molecule has 2 heterocycles. The van der Waals surface area contributed by atoms with E-state index >= 15 is 0 Å². The van der Waals surface area contributed by atoms with Crippen LogP contribution in [0.25, 0.3) is 10.9 Å². The fraction of sp³-hybridized carbons (Fsp3) is 0.160. The van der Waals surface area contributed by atoms with Crippen LogP contribution in [0.15, 0.2) is 83.9 Å². The lowest BCUT2D eigenvalue weighted by atomic mass is 10.1. The summed E-state index contributed by atoms with van der Waals surface area (Å²) in [6.07, 6.45) is 3.57. The molecule has 2 aromatic carbocycles. The first kappa shape index (κ1) is 20.8. The molecular formula is C25H24N4OS. The van der Waals surface area contributed by atoms with Crippen LogP contribution < -0.4 is 10.9 Å². The van der Waals surface area contributed by atoms with Crippen LogP contribution in [0, 0.1) is 6.92 Å². The molecule has 2 N–H and O–H groups in total. The van der Waals surface area contributed by atoms with Crippen LogP contribution in [0.2, 0.25) is 0 Å². The van der Waals surface area contributed by atoms with Crippen molar-refractivity contribution in [2.75, 3.05) is 0 Å². The Morgan fingerprint density at radius 2 is 1.84 bits per heavy atom. The Morgan fingerprint density at radius 1 is 1.03 bits per heavy atom. The van der Waals surface area contributed by atoms with Gasteiger partial charge in [-0.2, -0.15) is 0 Å². The second kappa shape index (κ2) is 9.53. The predicted molar refractivity (Wildman–Crippen MR) is 129 cm³/mol. The summed E-state index contributed by atoms with van der Waals surface area (Å²) in [5.74, 6) is 0. The molecule has 0 unspecified atom stereocenters. The third-order valence-electron chi connectivity index (χ3n) is 5.11. The zero-order valence-electron chi connectivity index (χ0n) is 17.3. The Labute approximate surface area is 186 Å². The van der Waals surface area contributed by atoms with Crippen molar-refractivity contribution < 1.29 is 0 Å². The van der Waals surface area contributed by atoms with E-state index in [0.717, 1.165) is 27.6 Å². The van der Waals surface area contributed by atoms with E-state index in [9.17, 15) is 4.79 Å². The monoisotopic (exact) mass is 428 g/mol. The number of aromatic amines is 1. The third-order valence-corrected chi connectivity index (χ3v) is 5.51. The number of aromatic nitrogens is 2. The highest BCUT2D eigenvalue weighted by Crippen LogP contribution is 2.15. The maximum atomic E-state index is 12.7. The SMILES string of the molecule is Cc1ccc2[nH]c(=O)c(CN(Cc3cccnc3)C(=S)NCc3ccccc3)cc2c1. The molecule has 0 amide bonds. The normalized spacial score (nSPS) is 10.7. The van der Waals surface area contributed by atoms with Crippen LogP contribution in [-0.2, 0) is 19.6 Å². The molecule has 6 heteroatoms. The summed E-state index contributed by atoms with van der Waals surface area (Å²) in [6, 6.07) is 22.0. The van der Waals surface area contributed by atoms with Gasteiger partial charge in [0.2, 0.25) is 0 Å². The molecular weight excluding hydrogens is 404 g/mol. The highest BCUT2D eigenvalue weighted by Gasteiger charge is 2.14. The lowest BCUT2D eigenvalue weighted by Gasteiger charge is -2.26. The van der Waals surface area contributed by atoms with E-state index in [4.69, 9.17) is 12.2 Å². The van der Waals surface area contributed by atoms with Crippen molar-refractivity contribution in [1.82, 2.24) is 20.2 Å². The number of nitrogens with one attached hydrogen (secondary N) is 2. The Hall–Kier alpha value is -3.51. The first-order valence-corrected chi connectivity index (χ1v) is 10.6. The average molecular weight is 429 g/mol. The Bertz CT molecular complexity index is 1240. The molecule has 0 fully saturated rings. The van der Waals surface area contributed by atoms with Crippen LogP contribution in [0.3, 0.4) is 0 Å². The fourth-order valence-corrected chi connectivity index (χ4v) is 3.69. The van der Waals surface area contributed by atoms with Gasteiger partial charge >= 0.3 is 0 Å². The van der Waals surface area contributed by atoms with Gasteiger partial charge in [0.05, 0.1) is 6.54 Å². The fourth-order valence-electron chi connectivity index (χ4n) is 3.49. The van der Waals surface area contributed by atoms with Gasteiger partial charge in [-0.3, -0.25) is 9.78 Å². The Morgan fingerprint density at radius 3 is 2.61 bits per heavy atom. The van der Waals surface area contributed by atoms with Gasteiger partial charge in [0.1, 0.15) is 0 Å². The minimum atomic E-state index is -0.0987. The summed E-state index contributed by atoms with van der Waals surface area (Å²) in [6.45, 7) is 3.62. The number of thiocarbonyl (C=S) groups is 1. The second-order valence-corrected chi connectivity index (χ2v) is 7.96. The molecule has 0 aliphatic heterocycles. The van der Waals surface area contributed by atoms with Gasteiger partial charge in [0.25, 0.3) is 5.56 Å². The van der Waals surface area contributed by atoms with Crippen LogP contribution in [0.1, 0.15) is 22.3 Å². The second-order valence-electron chi connectivity index (χ2n) is 7.58. The smallest absolute Gasteiger partial charge is 0.253 e. The summed E-state index contributed by atoms with van der Waals surface area (Å²) in [4.78, 5) is 22.0. The molecule has 31 heavy (non-hydrogen) atoms. The van der Waals surface area contributed by atoms with Crippen LogP contribution in [-0.4, -0.2) is 20.0 Å². The minimum absolute atomic E-state index is 0.0987. The number of rotatable bonds is 6. The number of fused-ring (bicyclic) bond motifs is 1. The number of pyridine rings is 2. The molecule has 0 atom stereocenters. The number of hydrogen-bond donors (Lipinski definition) is 2. The zero-order valence-corrected chi connectivity index (χ0v) is 18.2. The molecule has 156 valence electrons. The molecule has 0 radical (unpaired) electrons. The lowest BCUT2D eigenvalue weighted by Crippen LogP contribution is -2.39. The van der Waals surface area contributed by atoms with Gasteiger partial charge in [-0.25, -0.2) is 0 Å². The quantitative estimate of drug-likeness (QED) is 0.448. The largest absolute Gasteiger partial charge is 0.358 e. The van der Waals surface area contributed by atoms with Crippen molar-refractivity contribution in [1.29, 1.82) is 0 Å². The van der Waals surface area contributed by atoms with Crippen molar-refractivity contribution in [3.8, 4) is 0 Å². The van der Waals surface area contributed by atoms with E-state index in [-0.39, 0.29) is 5.56 Å². The standard InChI is InChI=1S/C25H24N4OS/c1-18-9-10-23-21(12-18)13-22(24(30)28-23)17-29(16-20-8-5-11-26-14-20)25(31)27-15-19-6-3-2-4-7-19/h2-14H,15-17H2,1H3,(H,27,31)(H,28,30). The molecule has 2 aromatic heterocycles. The molecule has 0 saturated carbocycles. The van der Waals surface area contributed by atoms with Crippen LogP contribution in [0.5, 0.6) is 0 Å². The number of hydrogen-bond acceptors (Lipinski definition) is 3. The highest BCUT2D eigenvalue weighted by molar-refractivity contribution is 7.80. The van der Waals surface area contributed by atoms with Crippen molar-refractivity contribution in [2.24, 2.45) is 0 Å². The molecule has 5 nitrogen and oxygen atoms in total. The molecule has 0 saturated heterocycles. The van der Waals surface area contributed by atoms with Crippen molar-refractivity contribution in [3.05, 3.63) is 112 Å². The molecule has 0 spiro atoms. The van der Waals surface area contributed by atoms with E-state index in [2.05, 4.69) is 33.5 Å². The van der Waals surface area contributed by atoms with Gasteiger partial charge in [0, 0.05) is 36.6 Å². The average Bonchev–Trinajstić information content (AvgIpc) is 2.79. The van der Waals surface area contributed by atoms with Gasteiger partial charge in [-0.05, 0) is 59.9 Å². The summed E-state index contributed by atoms with van der Waals surface area (Å²) in [5.41, 5.74) is 4.73. The van der Waals surface area contributed by atoms with Crippen molar-refractivity contribution in [2.45, 2.75) is 26.6 Å². The van der Waals surface area contributed by atoms with E-state index in [1.165, 1.54) is 0 Å².